The van der Waals surface area contributed by atoms with E-state index in [0.717, 1.165) is 17.2 Å². The number of nitrogens with zero attached hydrogens (tertiary/aromatic N) is 4. The first kappa shape index (κ1) is 18.3. The standard InChI is InChI=1S/C5H8N2S.C4H6N2S.C3H5N3S/c1-3-4(2)8-5(6)7-3;1-3-2-7-4(5)6-3;1-2-5-3(4)7-6-2/h1-2H3,(H2,6,7);2H,1H3,(H2,5,6);1H3,(H2,4,5,6). The third kappa shape index (κ3) is 6.78. The fourth-order valence-electron chi connectivity index (χ4n) is 1.18. The van der Waals surface area contributed by atoms with Gasteiger partial charge in [0.1, 0.15) is 5.82 Å². The quantitative estimate of drug-likeness (QED) is 0.564. The SMILES string of the molecule is Cc1csc(N)n1.Cc1nc(N)sc1C.Cc1nsc(N)n1. The van der Waals surface area contributed by atoms with Gasteiger partial charge < -0.3 is 17.2 Å². The van der Waals surface area contributed by atoms with E-state index in [0.29, 0.717) is 15.4 Å². The van der Waals surface area contributed by atoms with Gasteiger partial charge in [-0.2, -0.15) is 4.37 Å². The molecule has 0 aliphatic heterocycles. The zero-order chi connectivity index (χ0) is 16.7. The molecule has 0 saturated carbocycles. The van der Waals surface area contributed by atoms with Gasteiger partial charge in [-0.15, -0.1) is 22.7 Å². The van der Waals surface area contributed by atoms with Crippen LogP contribution in [-0.4, -0.2) is 19.3 Å². The first-order chi connectivity index (χ1) is 10.3. The van der Waals surface area contributed by atoms with E-state index in [9.17, 15) is 0 Å². The van der Waals surface area contributed by atoms with Crippen molar-refractivity contribution in [2.45, 2.75) is 27.7 Å². The summed E-state index contributed by atoms with van der Waals surface area (Å²) in [4.78, 5) is 12.9. The van der Waals surface area contributed by atoms with Gasteiger partial charge in [0.05, 0.1) is 11.4 Å². The van der Waals surface area contributed by atoms with Crippen molar-refractivity contribution in [1.29, 1.82) is 0 Å². The van der Waals surface area contributed by atoms with Crippen molar-refractivity contribution < 1.29 is 0 Å². The summed E-state index contributed by atoms with van der Waals surface area (Å²) in [7, 11) is 0. The molecule has 0 saturated heterocycles. The molecule has 7 nitrogen and oxygen atoms in total. The predicted molar refractivity (Wildman–Crippen MR) is 96.3 cm³/mol. The molecule has 22 heavy (non-hydrogen) atoms. The van der Waals surface area contributed by atoms with Crippen molar-refractivity contribution in [3.8, 4) is 0 Å². The zero-order valence-corrected chi connectivity index (χ0v) is 15.3. The molecular weight excluding hydrogens is 338 g/mol. The van der Waals surface area contributed by atoms with E-state index >= 15 is 0 Å². The number of aromatic nitrogens is 4. The Bertz CT molecular complexity index is 610. The van der Waals surface area contributed by atoms with Crippen molar-refractivity contribution in [3.05, 3.63) is 27.5 Å². The Morgan fingerprint density at radius 3 is 1.68 bits per heavy atom. The van der Waals surface area contributed by atoms with Gasteiger partial charge in [0, 0.05) is 21.8 Å². The summed E-state index contributed by atoms with van der Waals surface area (Å²) in [5.41, 5.74) is 17.9. The van der Waals surface area contributed by atoms with E-state index in [1.807, 2.05) is 33.1 Å². The molecule has 0 bridgehead atoms. The second-order valence-electron chi connectivity index (χ2n) is 4.20. The van der Waals surface area contributed by atoms with Gasteiger partial charge in [-0.25, -0.2) is 15.0 Å². The van der Waals surface area contributed by atoms with Crippen molar-refractivity contribution in [1.82, 2.24) is 19.3 Å². The summed E-state index contributed by atoms with van der Waals surface area (Å²) in [6, 6.07) is 0. The number of nitrogens with two attached hydrogens (primary N) is 3. The second-order valence-corrected chi connectivity index (χ2v) is 7.11. The van der Waals surface area contributed by atoms with Crippen LogP contribution in [0.4, 0.5) is 15.4 Å². The number of hydrogen-bond acceptors (Lipinski definition) is 10. The van der Waals surface area contributed by atoms with E-state index < -0.39 is 0 Å². The molecule has 0 aromatic carbocycles. The number of hydrogen-bond donors (Lipinski definition) is 3. The molecule has 3 aromatic heterocycles. The number of nitrogen functional groups attached to an aromatic ring is 3. The highest BCUT2D eigenvalue weighted by molar-refractivity contribution is 7.15. The molecule has 0 amide bonds. The number of aryl methyl sites for hydroxylation is 4. The van der Waals surface area contributed by atoms with Crippen LogP contribution in [-0.2, 0) is 0 Å². The highest BCUT2D eigenvalue weighted by Crippen LogP contribution is 2.17. The highest BCUT2D eigenvalue weighted by Gasteiger charge is 1.96. The minimum absolute atomic E-state index is 0.539. The topological polar surface area (TPSA) is 130 Å². The van der Waals surface area contributed by atoms with E-state index in [2.05, 4.69) is 19.3 Å². The normalized spacial score (nSPS) is 9.45. The van der Waals surface area contributed by atoms with Crippen LogP contribution in [0.5, 0.6) is 0 Å². The molecule has 3 aromatic rings. The van der Waals surface area contributed by atoms with Crippen LogP contribution in [0.1, 0.15) is 22.1 Å². The van der Waals surface area contributed by atoms with Gasteiger partial charge in [0.15, 0.2) is 15.4 Å². The second kappa shape index (κ2) is 8.61. The minimum Gasteiger partial charge on any atom is -0.375 e. The summed E-state index contributed by atoms with van der Waals surface area (Å²) in [6.07, 6.45) is 0. The zero-order valence-electron chi connectivity index (χ0n) is 12.8. The summed E-state index contributed by atoms with van der Waals surface area (Å²) in [5, 5.41) is 3.78. The largest absolute Gasteiger partial charge is 0.375 e. The molecule has 0 unspecified atom stereocenters. The lowest BCUT2D eigenvalue weighted by atomic mass is 10.4. The predicted octanol–water partition coefficient (Wildman–Crippen LogP) is 2.80. The highest BCUT2D eigenvalue weighted by atomic mass is 32.1. The summed E-state index contributed by atoms with van der Waals surface area (Å²) < 4.78 is 3.82. The lowest BCUT2D eigenvalue weighted by Gasteiger charge is -1.77. The molecule has 0 aliphatic carbocycles. The number of anilines is 3. The van der Waals surface area contributed by atoms with Crippen molar-refractivity contribution in [2.24, 2.45) is 0 Å². The van der Waals surface area contributed by atoms with Gasteiger partial charge in [-0.3, -0.25) is 0 Å². The summed E-state index contributed by atoms with van der Waals surface area (Å²) >= 11 is 4.23. The molecule has 3 rings (SSSR count). The third-order valence-electron chi connectivity index (χ3n) is 2.23. The fraction of sp³-hybridized carbons (Fsp3) is 0.333. The van der Waals surface area contributed by atoms with Crippen LogP contribution < -0.4 is 17.2 Å². The van der Waals surface area contributed by atoms with Crippen molar-refractivity contribution >= 4 is 49.6 Å². The maximum absolute atomic E-state index is 5.39. The first-order valence-electron chi connectivity index (χ1n) is 6.20. The Morgan fingerprint density at radius 1 is 0.864 bits per heavy atom. The summed E-state index contributed by atoms with van der Waals surface area (Å²) in [5.74, 6) is 0.752. The smallest absolute Gasteiger partial charge is 0.199 e. The maximum Gasteiger partial charge on any atom is 0.199 e. The number of rotatable bonds is 0. The molecule has 0 fully saturated rings. The molecule has 0 spiro atoms. The number of thiazole rings is 2. The Balaban J connectivity index is 0.000000166. The monoisotopic (exact) mass is 357 g/mol. The molecule has 10 heteroatoms. The maximum atomic E-state index is 5.39. The van der Waals surface area contributed by atoms with Crippen molar-refractivity contribution in [2.75, 3.05) is 17.2 Å². The van der Waals surface area contributed by atoms with Gasteiger partial charge in [-0.1, -0.05) is 0 Å². The summed E-state index contributed by atoms with van der Waals surface area (Å²) in [6.45, 7) is 7.71. The molecule has 3 heterocycles. The van der Waals surface area contributed by atoms with E-state index in [4.69, 9.17) is 17.2 Å². The van der Waals surface area contributed by atoms with E-state index in [1.165, 1.54) is 39.1 Å². The molecule has 0 aliphatic rings. The van der Waals surface area contributed by atoms with Crippen LogP contribution >= 0.6 is 34.2 Å². The van der Waals surface area contributed by atoms with Gasteiger partial charge in [-0.05, 0) is 27.7 Å². The molecule has 6 N–H and O–H groups in total. The average molecular weight is 358 g/mol. The van der Waals surface area contributed by atoms with Gasteiger partial charge in [0.25, 0.3) is 0 Å². The van der Waals surface area contributed by atoms with Gasteiger partial charge in [0.2, 0.25) is 0 Å². The Kier molecular flexibility index (Phi) is 7.15. The Morgan fingerprint density at radius 2 is 1.55 bits per heavy atom. The first-order valence-corrected chi connectivity index (χ1v) is 8.67. The van der Waals surface area contributed by atoms with Gasteiger partial charge >= 0.3 is 0 Å². The van der Waals surface area contributed by atoms with Crippen molar-refractivity contribution in [3.63, 3.8) is 0 Å². The molecule has 120 valence electrons. The third-order valence-corrected chi connectivity index (χ3v) is 4.55. The van der Waals surface area contributed by atoms with Crippen LogP contribution in [0, 0.1) is 27.7 Å². The average Bonchev–Trinajstić information content (AvgIpc) is 3.06. The van der Waals surface area contributed by atoms with E-state index in [1.54, 1.807) is 0 Å². The fourth-order valence-corrected chi connectivity index (χ4v) is 2.85. The Hall–Kier alpha value is -1.78. The molecule has 0 atom stereocenters. The molecule has 0 radical (unpaired) electrons. The van der Waals surface area contributed by atoms with E-state index in [-0.39, 0.29) is 0 Å². The lowest BCUT2D eigenvalue weighted by molar-refractivity contribution is 1.17. The minimum atomic E-state index is 0.539. The van der Waals surface area contributed by atoms with Crippen LogP contribution in [0.2, 0.25) is 0 Å². The molecular formula is C12H19N7S3. The lowest BCUT2D eigenvalue weighted by Crippen LogP contribution is -1.80. The van der Waals surface area contributed by atoms with Crippen LogP contribution in [0.25, 0.3) is 0 Å². The van der Waals surface area contributed by atoms with Crippen LogP contribution in [0.3, 0.4) is 0 Å². The Labute approximate surface area is 141 Å². The van der Waals surface area contributed by atoms with Crippen LogP contribution in [0.15, 0.2) is 5.38 Å².